The highest BCUT2D eigenvalue weighted by Gasteiger charge is 2.07. The lowest BCUT2D eigenvalue weighted by Crippen LogP contribution is -2.32. The minimum atomic E-state index is -0.555. The van der Waals surface area contributed by atoms with Crippen molar-refractivity contribution < 1.29 is 9.59 Å². The molecule has 110 valence electrons. The Morgan fingerprint density at radius 3 is 2.10 bits per heavy atom. The molecule has 0 aliphatic carbocycles. The third-order valence-corrected chi connectivity index (χ3v) is 2.64. The Kier molecular flexibility index (Phi) is 6.14. The molecule has 0 bridgehead atoms. The Bertz CT molecular complexity index is 455. The highest BCUT2D eigenvalue weighted by atomic mass is 16.2. The van der Waals surface area contributed by atoms with Gasteiger partial charge >= 0.3 is 0 Å². The SMILES string of the molecule is CC(N)C(=O)Nc1ccc(NC(=O)CCN(C)C)cc1. The lowest BCUT2D eigenvalue weighted by atomic mass is 10.2. The van der Waals surface area contributed by atoms with Crippen LogP contribution in [0.1, 0.15) is 13.3 Å². The average molecular weight is 278 g/mol. The first kappa shape index (κ1) is 16.1. The number of hydrogen-bond donors (Lipinski definition) is 3. The van der Waals surface area contributed by atoms with Crippen molar-refractivity contribution in [3.05, 3.63) is 24.3 Å². The van der Waals surface area contributed by atoms with Gasteiger partial charge in [-0.05, 0) is 45.3 Å². The van der Waals surface area contributed by atoms with Gasteiger partial charge in [-0.25, -0.2) is 0 Å². The zero-order valence-corrected chi connectivity index (χ0v) is 12.1. The Hall–Kier alpha value is -1.92. The maximum Gasteiger partial charge on any atom is 0.240 e. The molecule has 0 fully saturated rings. The van der Waals surface area contributed by atoms with Gasteiger partial charge in [0.05, 0.1) is 6.04 Å². The fourth-order valence-electron chi connectivity index (χ4n) is 1.44. The van der Waals surface area contributed by atoms with Crippen LogP contribution in [0.25, 0.3) is 0 Å². The molecule has 0 radical (unpaired) electrons. The molecule has 0 heterocycles. The molecule has 0 saturated carbocycles. The van der Waals surface area contributed by atoms with Crippen LogP contribution >= 0.6 is 0 Å². The van der Waals surface area contributed by atoms with Crippen molar-refractivity contribution >= 4 is 23.2 Å². The van der Waals surface area contributed by atoms with E-state index >= 15 is 0 Å². The fraction of sp³-hybridized carbons (Fsp3) is 0.429. The van der Waals surface area contributed by atoms with Crippen LogP contribution in [0.3, 0.4) is 0 Å². The van der Waals surface area contributed by atoms with Crippen LogP contribution in [0, 0.1) is 0 Å². The van der Waals surface area contributed by atoms with Gasteiger partial charge in [0.2, 0.25) is 11.8 Å². The summed E-state index contributed by atoms with van der Waals surface area (Å²) in [4.78, 5) is 25.0. The summed E-state index contributed by atoms with van der Waals surface area (Å²) < 4.78 is 0. The number of nitrogens with zero attached hydrogens (tertiary/aromatic N) is 1. The summed E-state index contributed by atoms with van der Waals surface area (Å²) in [7, 11) is 3.84. The second-order valence-corrected chi connectivity index (χ2v) is 4.96. The van der Waals surface area contributed by atoms with Gasteiger partial charge in [0.25, 0.3) is 0 Å². The zero-order chi connectivity index (χ0) is 15.1. The molecule has 0 saturated heterocycles. The van der Waals surface area contributed by atoms with Crippen LogP contribution < -0.4 is 16.4 Å². The van der Waals surface area contributed by atoms with Gasteiger partial charge in [0.1, 0.15) is 0 Å². The minimum absolute atomic E-state index is 0.0361. The summed E-state index contributed by atoms with van der Waals surface area (Å²) in [6, 6.07) is 6.37. The van der Waals surface area contributed by atoms with Crippen LogP contribution in [0.15, 0.2) is 24.3 Å². The number of carbonyl (C=O) groups excluding carboxylic acids is 2. The lowest BCUT2D eigenvalue weighted by molar-refractivity contribution is -0.117. The van der Waals surface area contributed by atoms with Crippen molar-refractivity contribution in [3.8, 4) is 0 Å². The standard InChI is InChI=1S/C14H22N4O2/c1-10(15)14(20)17-12-6-4-11(5-7-12)16-13(19)8-9-18(2)3/h4-7,10H,8-9,15H2,1-3H3,(H,16,19)(H,17,20). The van der Waals surface area contributed by atoms with Crippen molar-refractivity contribution in [2.75, 3.05) is 31.3 Å². The summed E-state index contributed by atoms with van der Waals surface area (Å²) in [5.41, 5.74) is 6.82. The van der Waals surface area contributed by atoms with E-state index in [1.165, 1.54) is 0 Å². The number of anilines is 2. The molecular formula is C14H22N4O2. The Morgan fingerprint density at radius 1 is 1.15 bits per heavy atom. The predicted molar refractivity (Wildman–Crippen MR) is 80.5 cm³/mol. The van der Waals surface area contributed by atoms with E-state index in [4.69, 9.17) is 5.73 Å². The van der Waals surface area contributed by atoms with Gasteiger partial charge in [-0.3, -0.25) is 9.59 Å². The lowest BCUT2D eigenvalue weighted by Gasteiger charge is -2.11. The van der Waals surface area contributed by atoms with Gasteiger partial charge in [0.15, 0.2) is 0 Å². The second kappa shape index (κ2) is 7.62. The number of nitrogens with two attached hydrogens (primary N) is 1. The predicted octanol–water partition coefficient (Wildman–Crippen LogP) is 0.862. The molecule has 0 aliphatic heterocycles. The molecule has 1 aromatic rings. The molecule has 1 unspecified atom stereocenters. The van der Waals surface area contributed by atoms with Gasteiger partial charge < -0.3 is 21.3 Å². The normalized spacial score (nSPS) is 12.1. The molecule has 1 rings (SSSR count). The number of rotatable bonds is 6. The topological polar surface area (TPSA) is 87.5 Å². The molecule has 4 N–H and O–H groups in total. The summed E-state index contributed by atoms with van der Waals surface area (Å²) in [6.45, 7) is 2.32. The molecule has 2 amide bonds. The fourth-order valence-corrected chi connectivity index (χ4v) is 1.44. The summed E-state index contributed by atoms with van der Waals surface area (Å²) in [5, 5.41) is 5.48. The van der Waals surface area contributed by atoms with E-state index in [0.717, 1.165) is 0 Å². The van der Waals surface area contributed by atoms with E-state index < -0.39 is 6.04 Å². The Balaban J connectivity index is 2.50. The van der Waals surface area contributed by atoms with Crippen LogP contribution in [-0.2, 0) is 9.59 Å². The zero-order valence-electron chi connectivity index (χ0n) is 12.1. The smallest absolute Gasteiger partial charge is 0.240 e. The molecule has 0 aliphatic rings. The first-order chi connectivity index (χ1) is 9.38. The molecular weight excluding hydrogens is 256 g/mol. The van der Waals surface area contributed by atoms with Gasteiger partial charge in [0, 0.05) is 24.3 Å². The van der Waals surface area contributed by atoms with Crippen molar-refractivity contribution in [2.45, 2.75) is 19.4 Å². The van der Waals surface area contributed by atoms with Crippen LogP contribution in [-0.4, -0.2) is 43.4 Å². The van der Waals surface area contributed by atoms with Crippen LogP contribution in [0.4, 0.5) is 11.4 Å². The van der Waals surface area contributed by atoms with E-state index in [1.807, 2.05) is 19.0 Å². The monoisotopic (exact) mass is 278 g/mol. The van der Waals surface area contributed by atoms with Crippen molar-refractivity contribution in [2.24, 2.45) is 5.73 Å². The number of benzene rings is 1. The van der Waals surface area contributed by atoms with E-state index in [0.29, 0.717) is 24.3 Å². The molecule has 0 spiro atoms. The van der Waals surface area contributed by atoms with E-state index in [1.54, 1.807) is 31.2 Å². The van der Waals surface area contributed by atoms with Crippen LogP contribution in [0.2, 0.25) is 0 Å². The summed E-state index contributed by atoms with van der Waals surface area (Å²) in [6.07, 6.45) is 0.441. The van der Waals surface area contributed by atoms with Crippen molar-refractivity contribution in [1.29, 1.82) is 0 Å². The molecule has 20 heavy (non-hydrogen) atoms. The number of hydrogen-bond acceptors (Lipinski definition) is 4. The highest BCUT2D eigenvalue weighted by Crippen LogP contribution is 2.14. The average Bonchev–Trinajstić information content (AvgIpc) is 2.38. The molecule has 1 aromatic carbocycles. The molecule has 0 aromatic heterocycles. The van der Waals surface area contributed by atoms with E-state index in [9.17, 15) is 9.59 Å². The van der Waals surface area contributed by atoms with Gasteiger partial charge in [-0.1, -0.05) is 0 Å². The minimum Gasteiger partial charge on any atom is -0.326 e. The second-order valence-electron chi connectivity index (χ2n) is 4.96. The van der Waals surface area contributed by atoms with E-state index in [-0.39, 0.29) is 11.8 Å². The molecule has 1 atom stereocenters. The Morgan fingerprint density at radius 2 is 1.65 bits per heavy atom. The summed E-state index contributed by atoms with van der Waals surface area (Å²) >= 11 is 0. The molecule has 6 nitrogen and oxygen atoms in total. The number of carbonyl (C=O) groups is 2. The third-order valence-electron chi connectivity index (χ3n) is 2.64. The highest BCUT2D eigenvalue weighted by molar-refractivity contribution is 5.95. The summed E-state index contributed by atoms with van der Waals surface area (Å²) in [5.74, 6) is -0.279. The first-order valence-electron chi connectivity index (χ1n) is 6.49. The Labute approximate surface area is 119 Å². The maximum atomic E-state index is 11.6. The number of amides is 2. The van der Waals surface area contributed by atoms with Gasteiger partial charge in [-0.15, -0.1) is 0 Å². The van der Waals surface area contributed by atoms with Crippen LogP contribution in [0.5, 0.6) is 0 Å². The van der Waals surface area contributed by atoms with E-state index in [2.05, 4.69) is 10.6 Å². The van der Waals surface area contributed by atoms with Crippen molar-refractivity contribution in [3.63, 3.8) is 0 Å². The number of nitrogens with one attached hydrogen (secondary N) is 2. The third kappa shape index (κ3) is 5.81. The first-order valence-corrected chi connectivity index (χ1v) is 6.49. The maximum absolute atomic E-state index is 11.6. The quantitative estimate of drug-likeness (QED) is 0.720. The van der Waals surface area contributed by atoms with Gasteiger partial charge in [-0.2, -0.15) is 0 Å². The molecule has 6 heteroatoms. The van der Waals surface area contributed by atoms with Crippen molar-refractivity contribution in [1.82, 2.24) is 4.90 Å². The largest absolute Gasteiger partial charge is 0.326 e.